The second-order valence-corrected chi connectivity index (χ2v) is 10.7. The second kappa shape index (κ2) is 8.28. The third-order valence-electron chi connectivity index (χ3n) is 7.70. The Balaban J connectivity index is 1.42. The van der Waals surface area contributed by atoms with Gasteiger partial charge in [0.1, 0.15) is 11.3 Å². The summed E-state index contributed by atoms with van der Waals surface area (Å²) in [6.07, 6.45) is 2.94. The molecule has 1 saturated heterocycles. The number of nitrogens with zero attached hydrogens (tertiary/aromatic N) is 2. The highest BCUT2D eigenvalue weighted by atomic mass is 35.5. The maximum Gasteiger partial charge on any atom is 0.249 e. The molecule has 0 bridgehead atoms. The van der Waals surface area contributed by atoms with Crippen molar-refractivity contribution in [1.82, 2.24) is 20.1 Å². The number of aromatic nitrogens is 1. The Morgan fingerprint density at radius 1 is 1.20 bits per heavy atom. The molecule has 1 aliphatic carbocycles. The van der Waals surface area contributed by atoms with E-state index in [9.17, 15) is 14.7 Å². The molecule has 1 saturated carbocycles. The number of aromatic hydroxyl groups is 1. The number of hydrogen-bond acceptors (Lipinski definition) is 4. The molecule has 2 atom stereocenters. The molecular formula is C27H29ClN4O3. The van der Waals surface area contributed by atoms with E-state index in [0.717, 1.165) is 40.2 Å². The first-order valence-electron chi connectivity index (χ1n) is 12.3. The van der Waals surface area contributed by atoms with Crippen LogP contribution in [0.15, 0.2) is 42.5 Å². The van der Waals surface area contributed by atoms with Gasteiger partial charge in [-0.05, 0) is 73.7 Å². The van der Waals surface area contributed by atoms with Gasteiger partial charge in [-0.3, -0.25) is 9.59 Å². The highest BCUT2D eigenvalue weighted by Crippen LogP contribution is 2.47. The number of carbonyl (C=O) groups excluding carboxylic acids is 2. The maximum absolute atomic E-state index is 14.0. The van der Waals surface area contributed by atoms with Gasteiger partial charge < -0.3 is 25.2 Å². The number of amides is 2. The number of benzene rings is 2. The number of piperazine rings is 1. The Hall–Kier alpha value is -3.03. The lowest BCUT2D eigenvalue weighted by Crippen LogP contribution is -2.70. The number of phenolic OH excluding ortho intramolecular Hbond substituents is 1. The summed E-state index contributed by atoms with van der Waals surface area (Å²) in [6, 6.07) is 12.1. The predicted octanol–water partition coefficient (Wildman–Crippen LogP) is 3.60. The molecule has 3 N–H and O–H groups in total. The maximum atomic E-state index is 14.0. The molecule has 2 aliphatic heterocycles. The van der Waals surface area contributed by atoms with Gasteiger partial charge in [0.25, 0.3) is 0 Å². The molecule has 0 spiro atoms. The average Bonchev–Trinajstić information content (AvgIpc) is 3.59. The van der Waals surface area contributed by atoms with Crippen molar-refractivity contribution in [3.05, 3.63) is 64.3 Å². The number of hydrogen-bond donors (Lipinski definition) is 3. The topological polar surface area (TPSA) is 88.7 Å². The zero-order valence-corrected chi connectivity index (χ0v) is 20.4. The summed E-state index contributed by atoms with van der Waals surface area (Å²) in [6.45, 7) is 4.08. The molecule has 2 aromatic carbocycles. The summed E-state index contributed by atoms with van der Waals surface area (Å²) in [5.74, 6) is 0.743. The van der Waals surface area contributed by atoms with Gasteiger partial charge in [0.2, 0.25) is 11.8 Å². The van der Waals surface area contributed by atoms with Crippen molar-refractivity contribution >= 4 is 34.3 Å². The fourth-order valence-electron chi connectivity index (χ4n) is 5.79. The molecule has 1 aromatic heterocycles. The lowest BCUT2D eigenvalue weighted by Gasteiger charge is -2.53. The van der Waals surface area contributed by atoms with E-state index >= 15 is 0 Å². The molecule has 3 aliphatic rings. The molecular weight excluding hydrogens is 464 g/mol. The van der Waals surface area contributed by atoms with Crippen LogP contribution in [0, 0.1) is 5.92 Å². The van der Waals surface area contributed by atoms with E-state index in [0.29, 0.717) is 24.5 Å². The van der Waals surface area contributed by atoms with Crippen molar-refractivity contribution in [2.24, 2.45) is 5.92 Å². The van der Waals surface area contributed by atoms with Gasteiger partial charge in [0.05, 0.1) is 12.6 Å². The molecule has 3 heterocycles. The van der Waals surface area contributed by atoms with E-state index in [1.807, 2.05) is 31.2 Å². The standard InChI is InChI=1S/C27H29ClN4O3/c1-27-13-21-20-12-18(28)7-8-22(20)30-24(21)25(17-3-2-4-19(33)11-17)32(27)23(34)15-31(26(27)35)10-9-29-14-16-5-6-16/h2-4,7-8,11-12,16,25,29-30,33H,5-6,9-10,13-15H2,1H3/t25-,27+/m1/s1. The number of H-pyrrole nitrogens is 1. The van der Waals surface area contributed by atoms with E-state index in [-0.39, 0.29) is 24.1 Å². The fraction of sp³-hybridized carbons (Fsp3) is 0.407. The van der Waals surface area contributed by atoms with Crippen LogP contribution in [0.25, 0.3) is 10.9 Å². The second-order valence-electron chi connectivity index (χ2n) is 10.3. The lowest BCUT2D eigenvalue weighted by atomic mass is 9.78. The van der Waals surface area contributed by atoms with Crippen molar-refractivity contribution < 1.29 is 14.7 Å². The first kappa shape index (κ1) is 22.4. The summed E-state index contributed by atoms with van der Waals surface area (Å²) >= 11 is 6.34. The molecule has 0 radical (unpaired) electrons. The summed E-state index contributed by atoms with van der Waals surface area (Å²) in [4.78, 5) is 34.6. The Kier molecular flexibility index (Phi) is 5.31. The zero-order chi connectivity index (χ0) is 24.3. The first-order chi connectivity index (χ1) is 16.8. The van der Waals surface area contributed by atoms with Gasteiger partial charge in [-0.25, -0.2) is 0 Å². The predicted molar refractivity (Wildman–Crippen MR) is 134 cm³/mol. The van der Waals surface area contributed by atoms with Crippen LogP contribution in [-0.2, 0) is 16.0 Å². The van der Waals surface area contributed by atoms with Crippen LogP contribution in [0.3, 0.4) is 0 Å². The fourth-order valence-corrected chi connectivity index (χ4v) is 5.96. The number of rotatable bonds is 6. The van der Waals surface area contributed by atoms with E-state index < -0.39 is 11.6 Å². The van der Waals surface area contributed by atoms with E-state index in [1.54, 1.807) is 28.0 Å². The third-order valence-corrected chi connectivity index (χ3v) is 7.94. The lowest BCUT2D eigenvalue weighted by molar-refractivity contribution is -0.167. The van der Waals surface area contributed by atoms with Crippen LogP contribution in [-0.4, -0.2) is 63.4 Å². The van der Waals surface area contributed by atoms with Gasteiger partial charge in [0, 0.05) is 41.1 Å². The van der Waals surface area contributed by atoms with Crippen molar-refractivity contribution in [3.8, 4) is 5.75 Å². The Morgan fingerprint density at radius 2 is 2.03 bits per heavy atom. The molecule has 0 unspecified atom stereocenters. The minimum atomic E-state index is -1.05. The van der Waals surface area contributed by atoms with Crippen LogP contribution in [0.2, 0.25) is 5.02 Å². The van der Waals surface area contributed by atoms with Crippen LogP contribution < -0.4 is 5.32 Å². The van der Waals surface area contributed by atoms with Crippen LogP contribution in [0.5, 0.6) is 5.75 Å². The van der Waals surface area contributed by atoms with Crippen molar-refractivity contribution in [1.29, 1.82) is 0 Å². The summed E-state index contributed by atoms with van der Waals surface area (Å²) < 4.78 is 0. The van der Waals surface area contributed by atoms with Crippen LogP contribution in [0.4, 0.5) is 0 Å². The van der Waals surface area contributed by atoms with Crippen molar-refractivity contribution in [3.63, 3.8) is 0 Å². The minimum absolute atomic E-state index is 0.0440. The normalized spacial score (nSPS) is 24.1. The monoisotopic (exact) mass is 492 g/mol. The number of fused-ring (bicyclic) bond motifs is 4. The molecule has 8 heteroatoms. The van der Waals surface area contributed by atoms with Gasteiger partial charge in [-0.15, -0.1) is 0 Å². The van der Waals surface area contributed by atoms with Crippen molar-refractivity contribution in [2.75, 3.05) is 26.2 Å². The Labute approximate surface area is 209 Å². The SMILES string of the molecule is C[C@@]12Cc3c([nH]c4ccc(Cl)cc34)[C@@H](c3cccc(O)c3)N1C(=O)CN(CCNCC1CC1)C2=O. The molecule has 3 aromatic rings. The quantitative estimate of drug-likeness (QED) is 0.459. The highest BCUT2D eigenvalue weighted by molar-refractivity contribution is 6.31. The Morgan fingerprint density at radius 3 is 2.80 bits per heavy atom. The Bertz CT molecular complexity index is 1330. The zero-order valence-electron chi connectivity index (χ0n) is 19.7. The van der Waals surface area contributed by atoms with Crippen LogP contribution >= 0.6 is 11.6 Å². The molecule has 7 nitrogen and oxygen atoms in total. The number of aromatic amines is 1. The number of halogens is 1. The molecule has 2 amide bonds. The van der Waals surface area contributed by atoms with E-state index in [1.165, 1.54) is 12.8 Å². The van der Waals surface area contributed by atoms with Gasteiger partial charge in [-0.2, -0.15) is 0 Å². The number of nitrogens with one attached hydrogen (secondary N) is 2. The van der Waals surface area contributed by atoms with Crippen molar-refractivity contribution in [2.45, 2.75) is 37.8 Å². The number of phenols is 1. The molecule has 2 fully saturated rings. The summed E-state index contributed by atoms with van der Waals surface area (Å²) in [7, 11) is 0. The minimum Gasteiger partial charge on any atom is -0.508 e. The van der Waals surface area contributed by atoms with Gasteiger partial charge >= 0.3 is 0 Å². The van der Waals surface area contributed by atoms with E-state index in [4.69, 9.17) is 11.6 Å². The third kappa shape index (κ3) is 3.78. The summed E-state index contributed by atoms with van der Waals surface area (Å²) in [5, 5.41) is 15.3. The van der Waals surface area contributed by atoms with Crippen LogP contribution in [0.1, 0.15) is 42.6 Å². The molecule has 182 valence electrons. The highest BCUT2D eigenvalue weighted by Gasteiger charge is 2.55. The van der Waals surface area contributed by atoms with Gasteiger partial charge in [0.15, 0.2) is 0 Å². The smallest absolute Gasteiger partial charge is 0.249 e. The first-order valence-corrected chi connectivity index (χ1v) is 12.6. The number of carbonyl (C=O) groups is 2. The largest absolute Gasteiger partial charge is 0.508 e. The molecule has 35 heavy (non-hydrogen) atoms. The molecule has 6 rings (SSSR count). The summed E-state index contributed by atoms with van der Waals surface area (Å²) in [5.41, 5.74) is 2.48. The van der Waals surface area contributed by atoms with E-state index in [2.05, 4.69) is 10.3 Å². The van der Waals surface area contributed by atoms with Gasteiger partial charge in [-0.1, -0.05) is 23.7 Å². The average molecular weight is 493 g/mol.